The first-order chi connectivity index (χ1) is 5.39. The molecule has 0 heterocycles. The smallest absolute Gasteiger partial charge is 0.315 e. The predicted octanol–water partition coefficient (Wildman–Crippen LogP) is 1.51. The lowest BCUT2D eigenvalue weighted by atomic mass is 10.2. The van der Waals surface area contributed by atoms with Crippen molar-refractivity contribution in [2.24, 2.45) is 0 Å². The van der Waals surface area contributed by atoms with Gasteiger partial charge in [0.05, 0.1) is 0 Å². The second-order valence-electron chi connectivity index (χ2n) is 2.98. The third-order valence-corrected chi connectivity index (χ3v) is 2.69. The molecule has 0 bridgehead atoms. The Hall–Kier alpha value is -0.320. The predicted molar refractivity (Wildman–Crippen MR) is 46.6 cm³/mol. The SMILES string of the molecule is CSC(C)(C)CNC(=O)C(F)F. The van der Waals surface area contributed by atoms with E-state index >= 15 is 0 Å². The Balaban J connectivity index is 3.76. The minimum absolute atomic E-state index is 0.190. The molecule has 72 valence electrons. The van der Waals surface area contributed by atoms with E-state index in [9.17, 15) is 13.6 Å². The summed E-state index contributed by atoms with van der Waals surface area (Å²) in [5, 5.41) is 2.16. The minimum Gasteiger partial charge on any atom is -0.350 e. The zero-order valence-electron chi connectivity index (χ0n) is 7.36. The van der Waals surface area contributed by atoms with Crippen LogP contribution in [0.4, 0.5) is 8.78 Å². The van der Waals surface area contributed by atoms with E-state index in [0.717, 1.165) is 0 Å². The second kappa shape index (κ2) is 4.64. The van der Waals surface area contributed by atoms with Crippen LogP contribution in [0.5, 0.6) is 0 Å². The maximum atomic E-state index is 11.7. The Kier molecular flexibility index (Phi) is 4.52. The highest BCUT2D eigenvalue weighted by molar-refractivity contribution is 7.99. The molecule has 0 aliphatic heterocycles. The van der Waals surface area contributed by atoms with Crippen molar-refractivity contribution in [3.05, 3.63) is 0 Å². The number of carbonyl (C=O) groups is 1. The molecule has 0 aliphatic rings. The summed E-state index contributed by atoms with van der Waals surface area (Å²) in [6, 6.07) is 0. The Labute approximate surface area is 75.1 Å². The lowest BCUT2D eigenvalue weighted by Gasteiger charge is -2.21. The summed E-state index contributed by atoms with van der Waals surface area (Å²) in [4.78, 5) is 10.4. The molecule has 0 saturated heterocycles. The molecule has 0 fully saturated rings. The summed E-state index contributed by atoms with van der Waals surface area (Å²) in [5.41, 5.74) is 0. The van der Waals surface area contributed by atoms with Crippen LogP contribution in [0.3, 0.4) is 0 Å². The highest BCUT2D eigenvalue weighted by Crippen LogP contribution is 2.19. The van der Waals surface area contributed by atoms with Gasteiger partial charge in [-0.05, 0) is 20.1 Å². The van der Waals surface area contributed by atoms with Crippen molar-refractivity contribution >= 4 is 17.7 Å². The van der Waals surface area contributed by atoms with Crippen molar-refractivity contribution in [1.82, 2.24) is 5.32 Å². The third kappa shape index (κ3) is 4.54. The fourth-order valence-corrected chi connectivity index (χ4v) is 0.666. The van der Waals surface area contributed by atoms with Gasteiger partial charge >= 0.3 is 6.43 Å². The van der Waals surface area contributed by atoms with Crippen LogP contribution >= 0.6 is 11.8 Å². The normalized spacial score (nSPS) is 11.8. The number of hydrogen-bond acceptors (Lipinski definition) is 2. The average Bonchev–Trinajstić information content (AvgIpc) is 2.00. The first kappa shape index (κ1) is 11.7. The number of halogens is 2. The van der Waals surface area contributed by atoms with Crippen molar-refractivity contribution in [3.8, 4) is 0 Å². The monoisotopic (exact) mass is 197 g/mol. The Morgan fingerprint density at radius 3 is 2.42 bits per heavy atom. The molecule has 0 radical (unpaired) electrons. The zero-order valence-corrected chi connectivity index (χ0v) is 8.17. The standard InChI is InChI=1S/C7H13F2NOS/c1-7(2,12-3)4-10-6(11)5(8)9/h5H,4H2,1-3H3,(H,10,11). The average molecular weight is 197 g/mol. The maximum Gasteiger partial charge on any atom is 0.315 e. The lowest BCUT2D eigenvalue weighted by Crippen LogP contribution is -2.38. The molecule has 0 aromatic heterocycles. The van der Waals surface area contributed by atoms with Crippen molar-refractivity contribution < 1.29 is 13.6 Å². The number of rotatable bonds is 4. The van der Waals surface area contributed by atoms with Crippen molar-refractivity contribution in [1.29, 1.82) is 0 Å². The van der Waals surface area contributed by atoms with Gasteiger partial charge < -0.3 is 5.32 Å². The summed E-state index contributed by atoms with van der Waals surface area (Å²) in [6.07, 6.45) is -1.04. The van der Waals surface area contributed by atoms with Gasteiger partial charge in [-0.2, -0.15) is 20.5 Å². The van der Waals surface area contributed by atoms with Crippen LogP contribution in [-0.4, -0.2) is 29.9 Å². The molecule has 0 aliphatic carbocycles. The summed E-state index contributed by atoms with van der Waals surface area (Å²) < 4.78 is 23.2. The Bertz CT molecular complexity index is 161. The van der Waals surface area contributed by atoms with Crippen LogP contribution in [0.15, 0.2) is 0 Å². The summed E-state index contributed by atoms with van der Waals surface area (Å²) in [7, 11) is 0. The summed E-state index contributed by atoms with van der Waals surface area (Å²) in [6.45, 7) is 4.02. The van der Waals surface area contributed by atoms with Crippen LogP contribution in [0, 0.1) is 0 Å². The minimum atomic E-state index is -2.91. The van der Waals surface area contributed by atoms with Gasteiger partial charge in [0, 0.05) is 11.3 Å². The topological polar surface area (TPSA) is 29.1 Å². The highest BCUT2D eigenvalue weighted by Gasteiger charge is 2.20. The summed E-state index contributed by atoms with van der Waals surface area (Å²) >= 11 is 1.52. The third-order valence-electron chi connectivity index (χ3n) is 1.44. The summed E-state index contributed by atoms with van der Waals surface area (Å²) in [5.74, 6) is -1.20. The van der Waals surface area contributed by atoms with E-state index < -0.39 is 12.3 Å². The van der Waals surface area contributed by atoms with Gasteiger partial charge in [0.2, 0.25) is 0 Å². The molecule has 0 unspecified atom stereocenters. The number of hydrogen-bond donors (Lipinski definition) is 1. The molecular formula is C7H13F2NOS. The van der Waals surface area contributed by atoms with Crippen LogP contribution < -0.4 is 5.32 Å². The molecule has 12 heavy (non-hydrogen) atoms. The van der Waals surface area contributed by atoms with Gasteiger partial charge in [0.15, 0.2) is 0 Å². The molecule has 5 heteroatoms. The van der Waals surface area contributed by atoms with Crippen molar-refractivity contribution in [2.75, 3.05) is 12.8 Å². The zero-order chi connectivity index (χ0) is 9.78. The van der Waals surface area contributed by atoms with Crippen LogP contribution in [0.25, 0.3) is 0 Å². The number of alkyl halides is 2. The second-order valence-corrected chi connectivity index (χ2v) is 4.50. The highest BCUT2D eigenvalue weighted by atomic mass is 32.2. The van der Waals surface area contributed by atoms with E-state index in [1.165, 1.54) is 11.8 Å². The molecule has 0 rings (SSSR count). The quantitative estimate of drug-likeness (QED) is 0.740. The number of thioether (sulfide) groups is 1. The molecule has 0 saturated carbocycles. The molecular weight excluding hydrogens is 184 g/mol. The van der Waals surface area contributed by atoms with Gasteiger partial charge in [-0.25, -0.2) is 0 Å². The van der Waals surface area contributed by atoms with E-state index in [1.807, 2.05) is 20.1 Å². The van der Waals surface area contributed by atoms with Gasteiger partial charge in [-0.3, -0.25) is 4.79 Å². The first-order valence-corrected chi connectivity index (χ1v) is 4.72. The molecule has 2 nitrogen and oxygen atoms in total. The fourth-order valence-electron chi connectivity index (χ4n) is 0.449. The van der Waals surface area contributed by atoms with Crippen molar-refractivity contribution in [2.45, 2.75) is 25.0 Å². The van der Waals surface area contributed by atoms with Gasteiger partial charge in [0.1, 0.15) is 0 Å². The Morgan fingerprint density at radius 2 is 2.08 bits per heavy atom. The van der Waals surface area contributed by atoms with E-state index in [2.05, 4.69) is 5.32 Å². The van der Waals surface area contributed by atoms with Crippen LogP contribution in [0.1, 0.15) is 13.8 Å². The molecule has 0 aromatic rings. The van der Waals surface area contributed by atoms with Crippen LogP contribution in [-0.2, 0) is 4.79 Å². The van der Waals surface area contributed by atoms with Crippen LogP contribution in [0.2, 0.25) is 0 Å². The number of amides is 1. The largest absolute Gasteiger partial charge is 0.350 e. The number of nitrogens with one attached hydrogen (secondary N) is 1. The first-order valence-electron chi connectivity index (χ1n) is 3.50. The van der Waals surface area contributed by atoms with E-state index in [-0.39, 0.29) is 11.3 Å². The van der Waals surface area contributed by atoms with E-state index in [4.69, 9.17) is 0 Å². The number of carbonyl (C=O) groups excluding carboxylic acids is 1. The van der Waals surface area contributed by atoms with Gasteiger partial charge in [-0.1, -0.05) is 0 Å². The van der Waals surface area contributed by atoms with E-state index in [0.29, 0.717) is 0 Å². The molecule has 0 atom stereocenters. The molecule has 1 amide bonds. The Morgan fingerprint density at radius 1 is 1.58 bits per heavy atom. The maximum absolute atomic E-state index is 11.7. The van der Waals surface area contributed by atoms with Crippen molar-refractivity contribution in [3.63, 3.8) is 0 Å². The van der Waals surface area contributed by atoms with E-state index in [1.54, 1.807) is 0 Å². The fraction of sp³-hybridized carbons (Fsp3) is 0.857. The molecule has 0 aromatic carbocycles. The molecule has 0 spiro atoms. The molecule has 1 N–H and O–H groups in total. The van der Waals surface area contributed by atoms with Gasteiger partial charge in [-0.15, -0.1) is 0 Å². The lowest BCUT2D eigenvalue weighted by molar-refractivity contribution is -0.131. The van der Waals surface area contributed by atoms with Gasteiger partial charge in [0.25, 0.3) is 5.91 Å².